The largest absolute Gasteiger partial charge is 0.306 e. The van der Waals surface area contributed by atoms with Crippen molar-refractivity contribution >= 4 is 0 Å². The molecule has 0 aliphatic carbocycles. The predicted octanol–water partition coefficient (Wildman–Crippen LogP) is 1.72. The molecule has 2 N–H and O–H groups in total. The normalized spacial score (nSPS) is 11.5. The second-order valence-electron chi connectivity index (χ2n) is 5.40. The van der Waals surface area contributed by atoms with E-state index in [4.69, 9.17) is 0 Å². The Bertz CT molecular complexity index is 599. The molecule has 5 heteroatoms. The van der Waals surface area contributed by atoms with Crippen molar-refractivity contribution in [3.63, 3.8) is 0 Å². The molecule has 2 heterocycles. The van der Waals surface area contributed by atoms with E-state index in [1.165, 1.54) is 6.07 Å². The van der Waals surface area contributed by atoms with E-state index in [1.807, 2.05) is 18.2 Å². The summed E-state index contributed by atoms with van der Waals surface area (Å²) in [6.45, 7) is 6.76. The summed E-state index contributed by atoms with van der Waals surface area (Å²) in [5.41, 5.74) is 1.19. The minimum atomic E-state index is -0.165. The molecular formula is C14H18N4O. The smallest absolute Gasteiger partial charge is 0.251 e. The van der Waals surface area contributed by atoms with Crippen molar-refractivity contribution in [3.05, 3.63) is 46.5 Å². The fourth-order valence-electron chi connectivity index (χ4n) is 1.58. The lowest BCUT2D eigenvalue weighted by molar-refractivity contribution is 0.421. The molecule has 0 amide bonds. The highest BCUT2D eigenvalue weighted by molar-refractivity contribution is 5.47. The molecule has 0 aliphatic heterocycles. The van der Waals surface area contributed by atoms with Gasteiger partial charge in [0.15, 0.2) is 5.82 Å². The SMILES string of the molecule is CC(C)(C)NCc1cc(=O)[nH]c(-c2ccccn2)n1. The molecule has 0 saturated carbocycles. The molecule has 0 bridgehead atoms. The highest BCUT2D eigenvalue weighted by Gasteiger charge is 2.10. The first kappa shape index (κ1) is 13.4. The summed E-state index contributed by atoms with van der Waals surface area (Å²) in [7, 11) is 0. The Morgan fingerprint density at radius 1 is 1.32 bits per heavy atom. The van der Waals surface area contributed by atoms with Crippen molar-refractivity contribution < 1.29 is 0 Å². The van der Waals surface area contributed by atoms with E-state index in [1.54, 1.807) is 6.20 Å². The van der Waals surface area contributed by atoms with Gasteiger partial charge in [-0.25, -0.2) is 4.98 Å². The first-order valence-corrected chi connectivity index (χ1v) is 6.21. The number of nitrogens with zero attached hydrogens (tertiary/aromatic N) is 2. The number of nitrogens with one attached hydrogen (secondary N) is 2. The van der Waals surface area contributed by atoms with Gasteiger partial charge in [0.25, 0.3) is 5.56 Å². The number of H-pyrrole nitrogens is 1. The van der Waals surface area contributed by atoms with Crippen LogP contribution in [0.5, 0.6) is 0 Å². The highest BCUT2D eigenvalue weighted by Crippen LogP contribution is 2.09. The Morgan fingerprint density at radius 2 is 2.11 bits per heavy atom. The quantitative estimate of drug-likeness (QED) is 0.879. The van der Waals surface area contributed by atoms with Gasteiger partial charge in [0.1, 0.15) is 5.69 Å². The molecule has 2 aromatic rings. The van der Waals surface area contributed by atoms with E-state index in [9.17, 15) is 4.79 Å². The molecule has 0 radical (unpaired) electrons. The van der Waals surface area contributed by atoms with Crippen LogP contribution in [-0.2, 0) is 6.54 Å². The second-order valence-corrected chi connectivity index (χ2v) is 5.40. The molecule has 0 spiro atoms. The average Bonchev–Trinajstić information content (AvgIpc) is 2.36. The van der Waals surface area contributed by atoms with Crippen molar-refractivity contribution in [1.82, 2.24) is 20.3 Å². The van der Waals surface area contributed by atoms with Crippen molar-refractivity contribution in [2.24, 2.45) is 0 Å². The van der Waals surface area contributed by atoms with Crippen molar-refractivity contribution in [2.45, 2.75) is 32.9 Å². The van der Waals surface area contributed by atoms with E-state index in [-0.39, 0.29) is 11.1 Å². The zero-order valence-electron chi connectivity index (χ0n) is 11.4. The van der Waals surface area contributed by atoms with Crippen LogP contribution in [0.25, 0.3) is 11.5 Å². The number of rotatable bonds is 3. The Balaban J connectivity index is 2.28. The molecule has 5 nitrogen and oxygen atoms in total. The van der Waals surface area contributed by atoms with Gasteiger partial charge in [0.2, 0.25) is 0 Å². The summed E-state index contributed by atoms with van der Waals surface area (Å²) in [6, 6.07) is 7.01. The van der Waals surface area contributed by atoms with Crippen molar-refractivity contribution in [1.29, 1.82) is 0 Å². The van der Waals surface area contributed by atoms with E-state index < -0.39 is 0 Å². The maximum Gasteiger partial charge on any atom is 0.251 e. The summed E-state index contributed by atoms with van der Waals surface area (Å²) in [6.07, 6.45) is 1.68. The van der Waals surface area contributed by atoms with Crippen LogP contribution in [-0.4, -0.2) is 20.5 Å². The highest BCUT2D eigenvalue weighted by atomic mass is 16.1. The Kier molecular flexibility index (Phi) is 3.76. The maximum absolute atomic E-state index is 11.7. The van der Waals surface area contributed by atoms with Crippen LogP contribution in [0, 0.1) is 0 Å². The van der Waals surface area contributed by atoms with Gasteiger partial charge in [0, 0.05) is 24.3 Å². The third-order valence-electron chi connectivity index (χ3n) is 2.50. The van der Waals surface area contributed by atoms with E-state index >= 15 is 0 Å². The van der Waals surface area contributed by atoms with E-state index in [0.717, 1.165) is 0 Å². The van der Waals surface area contributed by atoms with Crippen molar-refractivity contribution in [2.75, 3.05) is 0 Å². The van der Waals surface area contributed by atoms with Crippen LogP contribution in [0.15, 0.2) is 35.3 Å². The first-order valence-electron chi connectivity index (χ1n) is 6.21. The minimum Gasteiger partial charge on any atom is -0.306 e. The lowest BCUT2D eigenvalue weighted by Gasteiger charge is -2.20. The summed E-state index contributed by atoms with van der Waals surface area (Å²) < 4.78 is 0. The molecule has 0 aliphatic rings. The standard InChI is InChI=1S/C14H18N4O/c1-14(2,3)16-9-10-8-12(19)18-13(17-10)11-6-4-5-7-15-11/h4-8,16H,9H2,1-3H3,(H,17,18,19). The minimum absolute atomic E-state index is 0.0184. The summed E-state index contributed by atoms with van der Waals surface area (Å²) in [5, 5.41) is 3.31. The van der Waals surface area contributed by atoms with Crippen LogP contribution in [0.4, 0.5) is 0 Å². The summed E-state index contributed by atoms with van der Waals surface area (Å²) >= 11 is 0. The third-order valence-corrected chi connectivity index (χ3v) is 2.50. The van der Waals surface area contributed by atoms with Gasteiger partial charge in [-0.3, -0.25) is 9.78 Å². The van der Waals surface area contributed by atoms with Gasteiger partial charge >= 0.3 is 0 Å². The molecule has 19 heavy (non-hydrogen) atoms. The maximum atomic E-state index is 11.7. The fourth-order valence-corrected chi connectivity index (χ4v) is 1.58. The number of aromatic nitrogens is 3. The lowest BCUT2D eigenvalue weighted by Crippen LogP contribution is -2.35. The van der Waals surface area contributed by atoms with Crippen LogP contribution in [0.1, 0.15) is 26.5 Å². The molecule has 0 saturated heterocycles. The molecule has 0 unspecified atom stereocenters. The predicted molar refractivity (Wildman–Crippen MR) is 74.7 cm³/mol. The molecule has 0 atom stereocenters. The number of hydrogen-bond donors (Lipinski definition) is 2. The molecular weight excluding hydrogens is 240 g/mol. The van der Waals surface area contributed by atoms with Crippen LogP contribution in [0.3, 0.4) is 0 Å². The van der Waals surface area contributed by atoms with E-state index in [0.29, 0.717) is 23.8 Å². The Labute approximate surface area is 112 Å². The first-order chi connectivity index (χ1) is 8.94. The van der Waals surface area contributed by atoms with Crippen LogP contribution < -0.4 is 10.9 Å². The molecule has 0 aromatic carbocycles. The molecule has 100 valence electrons. The van der Waals surface area contributed by atoms with Gasteiger partial charge in [-0.05, 0) is 32.9 Å². The summed E-state index contributed by atoms with van der Waals surface area (Å²) in [4.78, 5) is 23.0. The van der Waals surface area contributed by atoms with Gasteiger partial charge in [-0.2, -0.15) is 0 Å². The second kappa shape index (κ2) is 5.32. The number of hydrogen-bond acceptors (Lipinski definition) is 4. The fraction of sp³-hybridized carbons (Fsp3) is 0.357. The molecule has 0 fully saturated rings. The monoisotopic (exact) mass is 258 g/mol. The number of aromatic amines is 1. The Morgan fingerprint density at radius 3 is 2.74 bits per heavy atom. The number of pyridine rings is 1. The van der Waals surface area contributed by atoms with E-state index in [2.05, 4.69) is 41.0 Å². The zero-order valence-corrected chi connectivity index (χ0v) is 11.4. The molecule has 2 rings (SSSR count). The Hall–Kier alpha value is -2.01. The van der Waals surface area contributed by atoms with Gasteiger partial charge in [0.05, 0.1) is 5.69 Å². The summed E-state index contributed by atoms with van der Waals surface area (Å²) in [5.74, 6) is 0.499. The van der Waals surface area contributed by atoms with Crippen LogP contribution >= 0.6 is 0 Å². The average molecular weight is 258 g/mol. The topological polar surface area (TPSA) is 70.7 Å². The van der Waals surface area contributed by atoms with Gasteiger partial charge < -0.3 is 10.3 Å². The third kappa shape index (κ3) is 3.99. The van der Waals surface area contributed by atoms with Gasteiger partial charge in [-0.1, -0.05) is 6.07 Å². The molecule has 2 aromatic heterocycles. The lowest BCUT2D eigenvalue weighted by atomic mass is 10.1. The van der Waals surface area contributed by atoms with Gasteiger partial charge in [-0.15, -0.1) is 0 Å². The van der Waals surface area contributed by atoms with Crippen LogP contribution in [0.2, 0.25) is 0 Å². The zero-order chi connectivity index (χ0) is 13.9. The van der Waals surface area contributed by atoms with Crippen molar-refractivity contribution in [3.8, 4) is 11.5 Å².